The number of carboxylic acid groups (broad SMARTS) is 1. The minimum Gasteiger partial charge on any atom is -0.478 e. The third kappa shape index (κ3) is 5.85. The number of carboxylic acids is 1. The van der Waals surface area contributed by atoms with Crippen molar-refractivity contribution in [1.29, 1.82) is 0 Å². The van der Waals surface area contributed by atoms with Crippen molar-refractivity contribution in [1.82, 2.24) is 0 Å². The molecule has 0 saturated heterocycles. The first-order chi connectivity index (χ1) is 10.6. The maximum atomic E-state index is 11.9. The van der Waals surface area contributed by atoms with Crippen LogP contribution in [0.25, 0.3) is 0 Å². The molecule has 1 aliphatic carbocycles. The molecule has 1 aliphatic rings. The summed E-state index contributed by atoms with van der Waals surface area (Å²) in [6, 6.07) is 0. The molecule has 1 rings (SSSR count). The predicted molar refractivity (Wildman–Crippen MR) is 94.2 cm³/mol. The molecule has 0 fully saturated rings. The maximum Gasteiger partial charge on any atom is 0.328 e. The molecule has 3 nitrogen and oxygen atoms in total. The lowest BCUT2D eigenvalue weighted by Gasteiger charge is -2.32. The molecule has 23 heavy (non-hydrogen) atoms. The second-order valence-corrected chi connectivity index (χ2v) is 6.68. The van der Waals surface area contributed by atoms with E-state index in [4.69, 9.17) is 5.11 Å². The summed E-state index contributed by atoms with van der Waals surface area (Å²) in [5.41, 5.74) is 3.71. The highest BCUT2D eigenvalue weighted by Crippen LogP contribution is 2.39. The van der Waals surface area contributed by atoms with E-state index in [1.807, 2.05) is 38.2 Å². The fourth-order valence-electron chi connectivity index (χ4n) is 2.62. The zero-order chi connectivity index (χ0) is 17.6. The van der Waals surface area contributed by atoms with E-state index in [2.05, 4.69) is 13.8 Å². The highest BCUT2D eigenvalue weighted by molar-refractivity contribution is 5.97. The van der Waals surface area contributed by atoms with Crippen molar-refractivity contribution in [3.05, 3.63) is 58.7 Å². The Bertz CT molecular complexity index is 638. The smallest absolute Gasteiger partial charge is 0.328 e. The summed E-state index contributed by atoms with van der Waals surface area (Å²) in [4.78, 5) is 22.4. The first kappa shape index (κ1) is 18.9. The summed E-state index contributed by atoms with van der Waals surface area (Å²) >= 11 is 0. The molecule has 0 aromatic rings. The molecule has 0 aliphatic heterocycles. The van der Waals surface area contributed by atoms with Gasteiger partial charge in [0.1, 0.15) is 0 Å². The van der Waals surface area contributed by atoms with Crippen molar-refractivity contribution in [2.75, 3.05) is 0 Å². The standard InChI is InChI=1S/C20H26O3/c1-14(7-6-8-15(2)13-19(22)23)9-10-17-16(3)18(21)11-12-20(17,4)5/h6-10,13H,11-12H2,1-5H3,(H,22,23)/b8-6+,10-9?,14-7?,15-13+. The summed E-state index contributed by atoms with van der Waals surface area (Å²) in [5, 5.41) is 8.65. The molecule has 0 aromatic carbocycles. The Hall–Kier alpha value is -2.16. The van der Waals surface area contributed by atoms with Gasteiger partial charge in [-0.05, 0) is 49.3 Å². The number of carbonyl (C=O) groups excluding carboxylic acids is 1. The Morgan fingerprint density at radius 2 is 1.83 bits per heavy atom. The van der Waals surface area contributed by atoms with Gasteiger partial charge >= 0.3 is 5.97 Å². The highest BCUT2D eigenvalue weighted by atomic mass is 16.4. The number of Topliss-reactive ketones (excluding diaryl/α,β-unsaturated/α-hetero) is 1. The van der Waals surface area contributed by atoms with Crippen molar-refractivity contribution in [3.8, 4) is 0 Å². The number of aliphatic carboxylic acids is 1. The van der Waals surface area contributed by atoms with Gasteiger partial charge in [-0.2, -0.15) is 0 Å². The molecule has 0 saturated carbocycles. The average molecular weight is 314 g/mol. The Morgan fingerprint density at radius 1 is 1.17 bits per heavy atom. The lowest BCUT2D eigenvalue weighted by atomic mass is 9.72. The zero-order valence-corrected chi connectivity index (χ0v) is 14.6. The normalized spacial score (nSPS) is 20.0. The minimum absolute atomic E-state index is 0.0193. The fourth-order valence-corrected chi connectivity index (χ4v) is 2.62. The van der Waals surface area contributed by atoms with Gasteiger partial charge in [-0.25, -0.2) is 4.79 Å². The average Bonchev–Trinajstić information content (AvgIpc) is 2.42. The van der Waals surface area contributed by atoms with Crippen molar-refractivity contribution in [3.63, 3.8) is 0 Å². The Morgan fingerprint density at radius 3 is 2.43 bits per heavy atom. The van der Waals surface area contributed by atoms with Crippen LogP contribution in [-0.2, 0) is 9.59 Å². The lowest BCUT2D eigenvalue weighted by molar-refractivity contribution is -0.131. The van der Waals surface area contributed by atoms with Crippen LogP contribution in [0, 0.1) is 5.41 Å². The molecule has 0 atom stereocenters. The number of allylic oxidation sites excluding steroid dienone is 9. The van der Waals surface area contributed by atoms with E-state index >= 15 is 0 Å². The molecule has 0 bridgehead atoms. The molecule has 0 heterocycles. The van der Waals surface area contributed by atoms with Crippen LogP contribution in [0.2, 0.25) is 0 Å². The van der Waals surface area contributed by atoms with Gasteiger partial charge in [-0.1, -0.05) is 49.8 Å². The van der Waals surface area contributed by atoms with E-state index in [-0.39, 0.29) is 11.2 Å². The monoisotopic (exact) mass is 314 g/mol. The SMILES string of the molecule is CC(C=CC1=C(C)C(=O)CCC1(C)C)=C/C=C/C(C)=C/C(=O)O. The van der Waals surface area contributed by atoms with Gasteiger partial charge in [0.25, 0.3) is 0 Å². The quantitative estimate of drug-likeness (QED) is 0.587. The molecular weight excluding hydrogens is 288 g/mol. The molecule has 0 aromatic heterocycles. The summed E-state index contributed by atoms with van der Waals surface area (Å²) in [5.74, 6) is -0.709. The summed E-state index contributed by atoms with van der Waals surface area (Å²) in [6.45, 7) is 9.96. The number of carbonyl (C=O) groups is 2. The lowest BCUT2D eigenvalue weighted by Crippen LogP contribution is -2.24. The summed E-state index contributed by atoms with van der Waals surface area (Å²) in [6.07, 6.45) is 12.2. The van der Waals surface area contributed by atoms with E-state index in [9.17, 15) is 9.59 Å². The maximum absolute atomic E-state index is 11.9. The van der Waals surface area contributed by atoms with Crippen LogP contribution in [0.4, 0.5) is 0 Å². The largest absolute Gasteiger partial charge is 0.478 e. The van der Waals surface area contributed by atoms with E-state index in [0.717, 1.165) is 23.1 Å². The van der Waals surface area contributed by atoms with Crippen LogP contribution >= 0.6 is 0 Å². The van der Waals surface area contributed by atoms with Crippen molar-refractivity contribution < 1.29 is 14.7 Å². The van der Waals surface area contributed by atoms with Gasteiger partial charge in [0, 0.05) is 12.5 Å². The molecule has 0 unspecified atom stereocenters. The number of hydrogen-bond donors (Lipinski definition) is 1. The second-order valence-electron chi connectivity index (χ2n) is 6.68. The van der Waals surface area contributed by atoms with Gasteiger partial charge < -0.3 is 5.11 Å². The molecule has 1 N–H and O–H groups in total. The first-order valence-corrected chi connectivity index (χ1v) is 7.82. The molecular formula is C20H26O3. The summed E-state index contributed by atoms with van der Waals surface area (Å²) in [7, 11) is 0. The number of rotatable bonds is 5. The van der Waals surface area contributed by atoms with Gasteiger partial charge in [0.15, 0.2) is 5.78 Å². The van der Waals surface area contributed by atoms with E-state index in [0.29, 0.717) is 12.0 Å². The van der Waals surface area contributed by atoms with Crippen LogP contribution < -0.4 is 0 Å². The van der Waals surface area contributed by atoms with Crippen molar-refractivity contribution in [2.45, 2.75) is 47.5 Å². The third-order valence-electron chi connectivity index (χ3n) is 4.11. The molecule has 124 valence electrons. The minimum atomic E-state index is -0.945. The van der Waals surface area contributed by atoms with Crippen molar-refractivity contribution in [2.24, 2.45) is 5.41 Å². The molecule has 0 amide bonds. The van der Waals surface area contributed by atoms with E-state index in [1.165, 1.54) is 6.08 Å². The van der Waals surface area contributed by atoms with E-state index in [1.54, 1.807) is 13.0 Å². The fraction of sp³-hybridized carbons (Fsp3) is 0.400. The topological polar surface area (TPSA) is 54.4 Å². The second kappa shape index (κ2) is 7.91. The molecule has 0 radical (unpaired) electrons. The Labute approximate surface area is 138 Å². The van der Waals surface area contributed by atoms with Crippen LogP contribution in [0.5, 0.6) is 0 Å². The predicted octanol–water partition coefficient (Wildman–Crippen LogP) is 4.78. The molecule has 0 spiro atoms. The number of hydrogen-bond acceptors (Lipinski definition) is 2. The Kier molecular flexibility index (Phi) is 6.49. The summed E-state index contributed by atoms with van der Waals surface area (Å²) < 4.78 is 0. The van der Waals surface area contributed by atoms with Crippen molar-refractivity contribution >= 4 is 11.8 Å². The molecule has 3 heteroatoms. The first-order valence-electron chi connectivity index (χ1n) is 7.82. The van der Waals surface area contributed by atoms with Gasteiger partial charge in [0.2, 0.25) is 0 Å². The zero-order valence-electron chi connectivity index (χ0n) is 14.6. The van der Waals surface area contributed by atoms with Gasteiger partial charge in [-0.3, -0.25) is 4.79 Å². The van der Waals surface area contributed by atoms with Gasteiger partial charge in [-0.15, -0.1) is 0 Å². The third-order valence-corrected chi connectivity index (χ3v) is 4.11. The Balaban J connectivity index is 2.89. The van der Waals surface area contributed by atoms with Gasteiger partial charge in [0.05, 0.1) is 0 Å². The van der Waals surface area contributed by atoms with Crippen LogP contribution in [0.1, 0.15) is 47.5 Å². The highest BCUT2D eigenvalue weighted by Gasteiger charge is 2.30. The van der Waals surface area contributed by atoms with Crippen LogP contribution in [-0.4, -0.2) is 16.9 Å². The van der Waals surface area contributed by atoms with Crippen LogP contribution in [0.3, 0.4) is 0 Å². The van der Waals surface area contributed by atoms with Crippen LogP contribution in [0.15, 0.2) is 58.7 Å². The van der Waals surface area contributed by atoms with E-state index < -0.39 is 5.97 Å². The number of ketones is 1.